The van der Waals surface area contributed by atoms with Crippen LogP contribution < -0.4 is 0 Å². The van der Waals surface area contributed by atoms with Crippen molar-refractivity contribution in [1.29, 1.82) is 5.26 Å². The first-order chi connectivity index (χ1) is 7.20. The number of benzene rings is 1. The normalized spacial score (nSPS) is 13.9. The molecule has 0 amide bonds. The van der Waals surface area contributed by atoms with Crippen LogP contribution in [0.2, 0.25) is 0 Å². The summed E-state index contributed by atoms with van der Waals surface area (Å²) in [5.41, 5.74) is 0.968. The minimum Gasteiger partial charge on any atom is -0.248 e. The molecule has 1 aromatic rings. The molecular formula is C11H14N2OS. The highest BCUT2D eigenvalue weighted by atomic mass is 32.2. The summed E-state index contributed by atoms with van der Waals surface area (Å²) in [6.07, 6.45) is 0. The number of nitrogens with zero attached hydrogens (tertiary/aromatic N) is 2. The maximum atomic E-state index is 12.2. The summed E-state index contributed by atoms with van der Waals surface area (Å²) in [4.78, 5) is 0. The number of rotatable bonds is 4. The van der Waals surface area contributed by atoms with Gasteiger partial charge in [0.25, 0.3) is 0 Å². The van der Waals surface area contributed by atoms with E-state index in [1.165, 1.54) is 0 Å². The molecule has 0 spiro atoms. The molecule has 1 atom stereocenters. The van der Waals surface area contributed by atoms with E-state index in [1.54, 1.807) is 0 Å². The van der Waals surface area contributed by atoms with E-state index < -0.39 is 9.73 Å². The zero-order chi connectivity index (χ0) is 11.1. The summed E-state index contributed by atoms with van der Waals surface area (Å²) >= 11 is 0. The molecule has 15 heavy (non-hydrogen) atoms. The molecule has 0 saturated heterocycles. The van der Waals surface area contributed by atoms with E-state index in [-0.39, 0.29) is 5.75 Å². The number of hydrogen-bond donors (Lipinski definition) is 0. The molecule has 0 aliphatic carbocycles. The van der Waals surface area contributed by atoms with Crippen molar-refractivity contribution in [2.24, 2.45) is 4.36 Å². The summed E-state index contributed by atoms with van der Waals surface area (Å²) in [5, 5.41) is 8.62. The van der Waals surface area contributed by atoms with Gasteiger partial charge in [0.05, 0.1) is 21.6 Å². The first-order valence-electron chi connectivity index (χ1n) is 4.79. The Morgan fingerprint density at radius 1 is 1.40 bits per heavy atom. The van der Waals surface area contributed by atoms with Gasteiger partial charge in [-0.15, -0.1) is 0 Å². The van der Waals surface area contributed by atoms with Crippen molar-refractivity contribution < 1.29 is 4.21 Å². The van der Waals surface area contributed by atoms with E-state index in [0.29, 0.717) is 12.3 Å². The lowest BCUT2D eigenvalue weighted by molar-refractivity contribution is 0.676. The molecule has 0 aliphatic heterocycles. The molecule has 0 aromatic heterocycles. The van der Waals surface area contributed by atoms with E-state index in [1.807, 2.05) is 43.3 Å². The average Bonchev–Trinajstić information content (AvgIpc) is 2.19. The van der Waals surface area contributed by atoms with Crippen LogP contribution in [0.1, 0.15) is 12.5 Å². The second-order valence-corrected chi connectivity index (χ2v) is 5.53. The van der Waals surface area contributed by atoms with E-state index in [4.69, 9.17) is 5.26 Å². The number of hydrogen-bond acceptors (Lipinski definition) is 3. The van der Waals surface area contributed by atoms with Crippen molar-refractivity contribution in [3.05, 3.63) is 35.9 Å². The summed E-state index contributed by atoms with van der Waals surface area (Å²) in [7, 11) is -2.38. The third kappa shape index (κ3) is 3.72. The van der Waals surface area contributed by atoms with Crippen LogP contribution in [-0.2, 0) is 15.5 Å². The van der Waals surface area contributed by atoms with Crippen molar-refractivity contribution in [2.45, 2.75) is 12.7 Å². The molecule has 0 fully saturated rings. The van der Waals surface area contributed by atoms with Crippen molar-refractivity contribution in [2.75, 3.05) is 12.3 Å². The van der Waals surface area contributed by atoms with Gasteiger partial charge >= 0.3 is 0 Å². The molecule has 3 nitrogen and oxygen atoms in total. The monoisotopic (exact) mass is 222 g/mol. The lowest BCUT2D eigenvalue weighted by Crippen LogP contribution is -2.08. The molecule has 0 bridgehead atoms. The topological polar surface area (TPSA) is 53.2 Å². The highest BCUT2D eigenvalue weighted by molar-refractivity contribution is 7.93. The summed E-state index contributed by atoms with van der Waals surface area (Å²) in [5.74, 6) is 0.380. The van der Waals surface area contributed by atoms with Gasteiger partial charge in [-0.05, 0) is 12.5 Å². The molecule has 0 saturated carbocycles. The third-order valence-electron chi connectivity index (χ3n) is 1.89. The highest BCUT2D eigenvalue weighted by Crippen LogP contribution is 2.08. The molecule has 4 heteroatoms. The van der Waals surface area contributed by atoms with Gasteiger partial charge in [0.2, 0.25) is 0 Å². The van der Waals surface area contributed by atoms with Crippen LogP contribution in [0.4, 0.5) is 0 Å². The quantitative estimate of drug-likeness (QED) is 0.784. The largest absolute Gasteiger partial charge is 0.248 e. The van der Waals surface area contributed by atoms with Gasteiger partial charge in [-0.2, -0.15) is 5.26 Å². The van der Waals surface area contributed by atoms with Gasteiger partial charge in [0.15, 0.2) is 0 Å². The molecule has 0 heterocycles. The van der Waals surface area contributed by atoms with Crippen LogP contribution >= 0.6 is 0 Å². The second kappa shape index (κ2) is 5.52. The lowest BCUT2D eigenvalue weighted by Gasteiger charge is -2.05. The van der Waals surface area contributed by atoms with E-state index in [9.17, 15) is 4.21 Å². The van der Waals surface area contributed by atoms with Gasteiger partial charge < -0.3 is 0 Å². The van der Waals surface area contributed by atoms with Gasteiger partial charge in [-0.3, -0.25) is 0 Å². The Morgan fingerprint density at radius 3 is 2.60 bits per heavy atom. The molecule has 1 aromatic carbocycles. The Morgan fingerprint density at radius 2 is 2.07 bits per heavy atom. The van der Waals surface area contributed by atoms with Gasteiger partial charge in [-0.25, -0.2) is 8.57 Å². The Hall–Kier alpha value is -1.34. The van der Waals surface area contributed by atoms with Crippen molar-refractivity contribution in [3.8, 4) is 6.07 Å². The van der Waals surface area contributed by atoms with Crippen LogP contribution in [0.3, 0.4) is 0 Å². The number of nitriles is 1. The molecule has 0 aliphatic rings. The molecular weight excluding hydrogens is 208 g/mol. The van der Waals surface area contributed by atoms with Crippen molar-refractivity contribution in [1.82, 2.24) is 0 Å². The smallest absolute Gasteiger partial charge is 0.119 e. The fourth-order valence-electron chi connectivity index (χ4n) is 1.31. The minimum atomic E-state index is -2.38. The third-order valence-corrected chi connectivity index (χ3v) is 3.98. The summed E-state index contributed by atoms with van der Waals surface area (Å²) in [6.45, 7) is 2.33. The molecule has 1 unspecified atom stereocenters. The first kappa shape index (κ1) is 11.7. The van der Waals surface area contributed by atoms with Crippen LogP contribution in [0.5, 0.6) is 0 Å². The van der Waals surface area contributed by atoms with Crippen LogP contribution in [-0.4, -0.2) is 16.5 Å². The van der Waals surface area contributed by atoms with Crippen molar-refractivity contribution in [3.63, 3.8) is 0 Å². The highest BCUT2D eigenvalue weighted by Gasteiger charge is 2.08. The van der Waals surface area contributed by atoms with Crippen LogP contribution in [0, 0.1) is 11.3 Å². The summed E-state index contributed by atoms with van der Waals surface area (Å²) in [6, 6.07) is 11.5. The first-order valence-corrected chi connectivity index (χ1v) is 6.64. The predicted octanol–water partition coefficient (Wildman–Crippen LogP) is 2.20. The maximum absolute atomic E-state index is 12.2. The van der Waals surface area contributed by atoms with Gasteiger partial charge in [0.1, 0.15) is 5.75 Å². The Labute approximate surface area is 90.9 Å². The van der Waals surface area contributed by atoms with Crippen molar-refractivity contribution >= 4 is 9.73 Å². The Balaban J connectivity index is 2.92. The maximum Gasteiger partial charge on any atom is 0.119 e. The summed E-state index contributed by atoms with van der Waals surface area (Å²) < 4.78 is 16.2. The van der Waals surface area contributed by atoms with Gasteiger partial charge in [0, 0.05) is 6.54 Å². The van der Waals surface area contributed by atoms with E-state index >= 15 is 0 Å². The SMILES string of the molecule is CCN=S(=O)(CC#N)Cc1ccccc1. The fourth-order valence-corrected chi connectivity index (χ4v) is 2.98. The minimum absolute atomic E-state index is 0.00966. The average molecular weight is 222 g/mol. The Bertz CT molecular complexity index is 453. The van der Waals surface area contributed by atoms with Crippen LogP contribution in [0.25, 0.3) is 0 Å². The van der Waals surface area contributed by atoms with Crippen LogP contribution in [0.15, 0.2) is 34.7 Å². The second-order valence-electron chi connectivity index (χ2n) is 3.15. The standard InChI is InChI=1S/C11H14N2OS/c1-2-13-15(14,9-8-12)10-11-6-4-3-5-7-11/h3-7H,2,9-10H2,1H3. The fraction of sp³-hybridized carbons (Fsp3) is 0.364. The molecule has 80 valence electrons. The predicted molar refractivity (Wildman–Crippen MR) is 61.7 cm³/mol. The molecule has 0 N–H and O–H groups in total. The van der Waals surface area contributed by atoms with E-state index in [2.05, 4.69) is 4.36 Å². The van der Waals surface area contributed by atoms with E-state index in [0.717, 1.165) is 5.56 Å². The van der Waals surface area contributed by atoms with Gasteiger partial charge in [-0.1, -0.05) is 30.3 Å². The zero-order valence-corrected chi connectivity index (χ0v) is 9.54. The molecule has 0 radical (unpaired) electrons. The zero-order valence-electron chi connectivity index (χ0n) is 8.72. The Kier molecular flexibility index (Phi) is 4.32. The molecule has 1 rings (SSSR count). The lowest BCUT2D eigenvalue weighted by atomic mass is 10.2.